The Labute approximate surface area is 147 Å². The van der Waals surface area contributed by atoms with Gasteiger partial charge in [0.25, 0.3) is 0 Å². The van der Waals surface area contributed by atoms with Crippen LogP contribution in [0.5, 0.6) is 0 Å². The molecule has 2 aromatic rings. The van der Waals surface area contributed by atoms with E-state index in [1.807, 2.05) is 42.5 Å². The van der Waals surface area contributed by atoms with Crippen LogP contribution in [-0.4, -0.2) is 31.3 Å². The summed E-state index contributed by atoms with van der Waals surface area (Å²) in [5.74, 6) is 0. The molecule has 3 rings (SSSR count). The zero-order valence-electron chi connectivity index (χ0n) is 13.4. The molecule has 1 atom stereocenters. The number of benzene rings is 2. The number of nitrogens with one attached hydrogen (secondary N) is 1. The highest BCUT2D eigenvalue weighted by molar-refractivity contribution is 6.30. The lowest BCUT2D eigenvalue weighted by molar-refractivity contribution is 0.299. The molecule has 0 bridgehead atoms. The first kappa shape index (κ1) is 16.8. The Morgan fingerprint density at radius 1 is 1.25 bits per heavy atom. The second kappa shape index (κ2) is 7.67. The quantitative estimate of drug-likeness (QED) is 0.897. The molecule has 1 heterocycles. The van der Waals surface area contributed by atoms with Crippen molar-refractivity contribution >= 4 is 17.3 Å². The average Bonchev–Trinajstić information content (AvgIpc) is 2.63. The number of nitrogens with zero attached hydrogens (tertiary/aromatic N) is 2. The van der Waals surface area contributed by atoms with E-state index in [-0.39, 0.29) is 12.6 Å². The Morgan fingerprint density at radius 2 is 2.04 bits per heavy atom. The van der Waals surface area contributed by atoms with E-state index in [2.05, 4.69) is 16.3 Å². The van der Waals surface area contributed by atoms with Gasteiger partial charge in [-0.2, -0.15) is 5.26 Å². The van der Waals surface area contributed by atoms with Crippen molar-refractivity contribution in [3.8, 4) is 6.07 Å². The third-order valence-electron chi connectivity index (χ3n) is 4.39. The van der Waals surface area contributed by atoms with Gasteiger partial charge in [0.1, 0.15) is 6.07 Å². The van der Waals surface area contributed by atoms with Crippen LogP contribution in [0.3, 0.4) is 0 Å². The van der Waals surface area contributed by atoms with E-state index in [0.717, 1.165) is 35.9 Å². The Balaban J connectivity index is 1.96. The summed E-state index contributed by atoms with van der Waals surface area (Å²) in [5, 5.41) is 22.8. The topological polar surface area (TPSA) is 59.3 Å². The number of aliphatic hydroxyl groups excluding tert-OH is 1. The van der Waals surface area contributed by atoms with Gasteiger partial charge in [0.2, 0.25) is 0 Å². The summed E-state index contributed by atoms with van der Waals surface area (Å²) < 4.78 is 0. The summed E-state index contributed by atoms with van der Waals surface area (Å²) in [7, 11) is 0. The van der Waals surface area contributed by atoms with Gasteiger partial charge in [0.05, 0.1) is 17.3 Å². The number of piperazine rings is 1. The molecule has 1 saturated heterocycles. The van der Waals surface area contributed by atoms with Crippen LogP contribution in [0.4, 0.5) is 5.69 Å². The van der Waals surface area contributed by atoms with Crippen molar-refractivity contribution in [2.75, 3.05) is 31.1 Å². The second-order valence-corrected chi connectivity index (χ2v) is 6.34. The summed E-state index contributed by atoms with van der Waals surface area (Å²) >= 11 is 6.01. The van der Waals surface area contributed by atoms with E-state index in [1.165, 1.54) is 5.56 Å². The summed E-state index contributed by atoms with van der Waals surface area (Å²) in [5.41, 5.74) is 3.76. The first-order valence-corrected chi connectivity index (χ1v) is 8.47. The predicted octanol–water partition coefficient (Wildman–Crippen LogP) is 2.90. The maximum absolute atomic E-state index is 9.56. The standard InChI is InChI=1S/C19H20ClN3O/c20-17-4-2-15(3-5-17)19-13-22-8-9-23(19)18-6-1-14(7-10-24)11-16(18)12-21/h1-6,11,19,22,24H,7-10,13H2/t19-/m0/s1. The maximum Gasteiger partial charge on any atom is 0.101 e. The molecule has 4 nitrogen and oxygen atoms in total. The van der Waals surface area contributed by atoms with E-state index in [0.29, 0.717) is 12.0 Å². The summed E-state index contributed by atoms with van der Waals surface area (Å²) in [6.07, 6.45) is 0.567. The van der Waals surface area contributed by atoms with E-state index < -0.39 is 0 Å². The lowest BCUT2D eigenvalue weighted by Gasteiger charge is -2.39. The van der Waals surface area contributed by atoms with Gasteiger partial charge in [0, 0.05) is 31.3 Å². The molecule has 0 aliphatic carbocycles. The summed E-state index contributed by atoms with van der Waals surface area (Å²) in [6, 6.07) is 16.2. The van der Waals surface area contributed by atoms with Gasteiger partial charge in [-0.15, -0.1) is 0 Å². The monoisotopic (exact) mass is 341 g/mol. The Kier molecular flexibility index (Phi) is 5.37. The van der Waals surface area contributed by atoms with Crippen LogP contribution in [-0.2, 0) is 6.42 Å². The molecule has 0 unspecified atom stereocenters. The molecule has 0 aromatic heterocycles. The molecule has 1 fully saturated rings. The van der Waals surface area contributed by atoms with E-state index in [4.69, 9.17) is 16.7 Å². The van der Waals surface area contributed by atoms with Crippen molar-refractivity contribution in [1.29, 1.82) is 5.26 Å². The molecule has 24 heavy (non-hydrogen) atoms. The number of hydrogen-bond acceptors (Lipinski definition) is 4. The fourth-order valence-corrected chi connectivity index (χ4v) is 3.31. The van der Waals surface area contributed by atoms with Crippen molar-refractivity contribution in [3.63, 3.8) is 0 Å². The maximum atomic E-state index is 9.56. The SMILES string of the molecule is N#Cc1cc(CCO)ccc1N1CCNC[C@H]1c1ccc(Cl)cc1. The fraction of sp³-hybridized carbons (Fsp3) is 0.316. The molecule has 5 heteroatoms. The van der Waals surface area contributed by atoms with Crippen LogP contribution in [0, 0.1) is 11.3 Å². The van der Waals surface area contributed by atoms with Gasteiger partial charge in [0.15, 0.2) is 0 Å². The van der Waals surface area contributed by atoms with Gasteiger partial charge in [-0.3, -0.25) is 0 Å². The van der Waals surface area contributed by atoms with E-state index >= 15 is 0 Å². The Hall–Kier alpha value is -2.06. The first-order valence-electron chi connectivity index (χ1n) is 8.09. The summed E-state index contributed by atoms with van der Waals surface area (Å²) in [4.78, 5) is 2.28. The van der Waals surface area contributed by atoms with Crippen LogP contribution in [0.25, 0.3) is 0 Å². The molecule has 0 saturated carbocycles. The van der Waals surface area contributed by atoms with Gasteiger partial charge >= 0.3 is 0 Å². The highest BCUT2D eigenvalue weighted by atomic mass is 35.5. The minimum Gasteiger partial charge on any atom is -0.396 e. The highest BCUT2D eigenvalue weighted by Gasteiger charge is 2.25. The molecular formula is C19H20ClN3O. The van der Waals surface area contributed by atoms with Gasteiger partial charge < -0.3 is 15.3 Å². The molecule has 0 spiro atoms. The first-order chi connectivity index (χ1) is 11.7. The van der Waals surface area contributed by atoms with Crippen LogP contribution in [0.2, 0.25) is 5.02 Å². The van der Waals surface area contributed by atoms with E-state index in [9.17, 15) is 5.26 Å². The van der Waals surface area contributed by atoms with Gasteiger partial charge in [-0.1, -0.05) is 29.8 Å². The molecule has 1 aliphatic rings. The largest absolute Gasteiger partial charge is 0.396 e. The van der Waals surface area contributed by atoms with Crippen molar-refractivity contribution in [2.45, 2.75) is 12.5 Å². The molecule has 2 aromatic carbocycles. The van der Waals surface area contributed by atoms with Gasteiger partial charge in [-0.05, 0) is 41.8 Å². The van der Waals surface area contributed by atoms with Gasteiger partial charge in [-0.25, -0.2) is 0 Å². The Bertz CT molecular complexity index is 739. The minimum absolute atomic E-state index is 0.0885. The smallest absolute Gasteiger partial charge is 0.101 e. The number of rotatable bonds is 4. The van der Waals surface area contributed by atoms with Crippen molar-refractivity contribution in [1.82, 2.24) is 5.32 Å². The third-order valence-corrected chi connectivity index (χ3v) is 4.64. The van der Waals surface area contributed by atoms with Crippen LogP contribution in [0.1, 0.15) is 22.7 Å². The molecule has 0 radical (unpaired) electrons. The fourth-order valence-electron chi connectivity index (χ4n) is 3.18. The van der Waals surface area contributed by atoms with Crippen LogP contribution in [0.15, 0.2) is 42.5 Å². The number of hydrogen-bond donors (Lipinski definition) is 2. The number of anilines is 1. The zero-order chi connectivity index (χ0) is 16.9. The third kappa shape index (κ3) is 3.54. The van der Waals surface area contributed by atoms with Crippen LogP contribution < -0.4 is 10.2 Å². The number of nitriles is 1. The molecular weight excluding hydrogens is 322 g/mol. The van der Waals surface area contributed by atoms with Crippen molar-refractivity contribution < 1.29 is 5.11 Å². The van der Waals surface area contributed by atoms with Crippen LogP contribution >= 0.6 is 11.6 Å². The normalized spacial score (nSPS) is 17.5. The lowest BCUT2D eigenvalue weighted by Crippen LogP contribution is -2.46. The number of aliphatic hydroxyl groups is 1. The highest BCUT2D eigenvalue weighted by Crippen LogP contribution is 2.32. The molecule has 1 aliphatic heterocycles. The minimum atomic E-state index is 0.0885. The molecule has 124 valence electrons. The zero-order valence-corrected chi connectivity index (χ0v) is 14.1. The number of halogens is 1. The Morgan fingerprint density at radius 3 is 2.75 bits per heavy atom. The lowest BCUT2D eigenvalue weighted by atomic mass is 10.00. The van der Waals surface area contributed by atoms with Crippen molar-refractivity contribution in [3.05, 3.63) is 64.2 Å². The van der Waals surface area contributed by atoms with Crippen molar-refractivity contribution in [2.24, 2.45) is 0 Å². The molecule has 0 amide bonds. The molecule has 2 N–H and O–H groups in total. The summed E-state index contributed by atoms with van der Waals surface area (Å²) in [6.45, 7) is 2.63. The predicted molar refractivity (Wildman–Crippen MR) is 96.4 cm³/mol. The average molecular weight is 342 g/mol. The van der Waals surface area contributed by atoms with E-state index in [1.54, 1.807) is 0 Å². The second-order valence-electron chi connectivity index (χ2n) is 5.90.